The number of carbonyl (C=O) groups excluding carboxylic acids is 1. The summed E-state index contributed by atoms with van der Waals surface area (Å²) in [6.45, 7) is 0.149. The first-order valence-electron chi connectivity index (χ1n) is 4.72. The molecule has 4 heteroatoms. The van der Waals surface area contributed by atoms with Crippen molar-refractivity contribution < 1.29 is 19.4 Å². The first kappa shape index (κ1) is 9.83. The zero-order valence-corrected chi connectivity index (χ0v) is 8.36. The van der Waals surface area contributed by atoms with Crippen LogP contribution in [0.4, 0.5) is 0 Å². The lowest BCUT2D eigenvalue weighted by Crippen LogP contribution is -2.38. The van der Waals surface area contributed by atoms with Crippen LogP contribution in [0.25, 0.3) is 0 Å². The highest BCUT2D eigenvalue weighted by Gasteiger charge is 2.23. The molecule has 1 aliphatic rings. The molecular weight excluding hydrogens is 196 g/mol. The lowest BCUT2D eigenvalue weighted by Gasteiger charge is -2.26. The zero-order valence-electron chi connectivity index (χ0n) is 8.36. The average Bonchev–Trinajstić information content (AvgIpc) is 2.27. The number of hydrogen-bond acceptors (Lipinski definition) is 4. The monoisotopic (exact) mass is 207 g/mol. The van der Waals surface area contributed by atoms with E-state index in [2.05, 4.69) is 0 Å². The second-order valence-electron chi connectivity index (χ2n) is 3.48. The van der Waals surface area contributed by atoms with Crippen molar-refractivity contribution in [1.82, 2.24) is 0 Å². The molecule has 1 heterocycles. The predicted octanol–water partition coefficient (Wildman–Crippen LogP) is -0.00380. The standard InChI is InChI=1S/C11H12O4/c1-14-9-4-2-3-7-5-8(11(12)13)6-15-10(7)9/h2-4,8H,5-6H2,1H3,(H,12,13)/p-1/t8-/m0/s1. The van der Waals surface area contributed by atoms with Gasteiger partial charge in [-0.2, -0.15) is 0 Å². The van der Waals surface area contributed by atoms with Crippen molar-refractivity contribution in [3.05, 3.63) is 23.8 Å². The van der Waals surface area contributed by atoms with Gasteiger partial charge in [0.1, 0.15) is 0 Å². The van der Waals surface area contributed by atoms with Crippen LogP contribution in [0.1, 0.15) is 5.56 Å². The first-order valence-corrected chi connectivity index (χ1v) is 4.72. The van der Waals surface area contributed by atoms with Crippen molar-refractivity contribution in [3.8, 4) is 11.5 Å². The van der Waals surface area contributed by atoms with E-state index < -0.39 is 11.9 Å². The summed E-state index contributed by atoms with van der Waals surface area (Å²) >= 11 is 0. The number of benzene rings is 1. The number of carbonyl (C=O) groups is 1. The van der Waals surface area contributed by atoms with Crippen molar-refractivity contribution in [2.75, 3.05) is 13.7 Å². The van der Waals surface area contributed by atoms with E-state index in [1.807, 2.05) is 12.1 Å². The molecule has 0 unspecified atom stereocenters. The molecular formula is C11H11O4-. The Morgan fingerprint density at radius 2 is 2.40 bits per heavy atom. The van der Waals surface area contributed by atoms with E-state index in [1.165, 1.54) is 0 Å². The highest BCUT2D eigenvalue weighted by molar-refractivity contribution is 5.69. The fraction of sp³-hybridized carbons (Fsp3) is 0.364. The molecule has 4 nitrogen and oxygen atoms in total. The maximum Gasteiger partial charge on any atom is 0.164 e. The topological polar surface area (TPSA) is 58.6 Å². The molecule has 1 aromatic rings. The smallest absolute Gasteiger partial charge is 0.164 e. The molecule has 0 saturated carbocycles. The van der Waals surface area contributed by atoms with Crippen molar-refractivity contribution >= 4 is 5.97 Å². The van der Waals surface area contributed by atoms with Crippen molar-refractivity contribution in [2.45, 2.75) is 6.42 Å². The molecule has 80 valence electrons. The normalized spacial score (nSPS) is 18.9. The molecule has 2 rings (SSSR count). The quantitative estimate of drug-likeness (QED) is 0.684. The maximum atomic E-state index is 10.7. The first-order chi connectivity index (χ1) is 7.22. The van der Waals surface area contributed by atoms with Gasteiger partial charge in [0.2, 0.25) is 0 Å². The molecule has 1 aromatic carbocycles. The molecule has 1 atom stereocenters. The van der Waals surface area contributed by atoms with Crippen LogP contribution in [0.5, 0.6) is 11.5 Å². The Hall–Kier alpha value is -1.71. The number of aliphatic carboxylic acids is 1. The minimum Gasteiger partial charge on any atom is -0.550 e. The molecule has 0 aliphatic carbocycles. The van der Waals surface area contributed by atoms with E-state index in [4.69, 9.17) is 9.47 Å². The Bertz CT molecular complexity index is 386. The number of ether oxygens (including phenoxy) is 2. The van der Waals surface area contributed by atoms with Gasteiger partial charge in [-0.15, -0.1) is 0 Å². The van der Waals surface area contributed by atoms with Gasteiger partial charge in [0, 0.05) is 11.9 Å². The maximum absolute atomic E-state index is 10.7. The summed E-state index contributed by atoms with van der Waals surface area (Å²) in [5, 5.41) is 10.7. The van der Waals surface area contributed by atoms with Gasteiger partial charge in [-0.1, -0.05) is 12.1 Å². The summed E-state index contributed by atoms with van der Waals surface area (Å²) in [6.07, 6.45) is 0.439. The molecule has 0 N–H and O–H groups in total. The van der Waals surface area contributed by atoms with E-state index in [-0.39, 0.29) is 6.61 Å². The molecule has 15 heavy (non-hydrogen) atoms. The van der Waals surface area contributed by atoms with Crippen LogP contribution in [0.3, 0.4) is 0 Å². The minimum absolute atomic E-state index is 0.149. The van der Waals surface area contributed by atoms with Gasteiger partial charge >= 0.3 is 0 Å². The summed E-state index contributed by atoms with van der Waals surface area (Å²) in [5.41, 5.74) is 0.856. The molecule has 0 fully saturated rings. The Morgan fingerprint density at radius 1 is 1.60 bits per heavy atom. The summed E-state index contributed by atoms with van der Waals surface area (Å²) in [6, 6.07) is 5.45. The van der Waals surface area contributed by atoms with Crippen LogP contribution in [0.15, 0.2) is 18.2 Å². The zero-order chi connectivity index (χ0) is 10.8. The summed E-state index contributed by atoms with van der Waals surface area (Å²) in [7, 11) is 1.56. The number of fused-ring (bicyclic) bond motifs is 1. The number of rotatable bonds is 2. The molecule has 1 aliphatic heterocycles. The molecule has 0 aromatic heterocycles. The molecule has 0 bridgehead atoms. The second kappa shape index (κ2) is 3.81. The largest absolute Gasteiger partial charge is 0.550 e. The summed E-state index contributed by atoms with van der Waals surface area (Å²) in [4.78, 5) is 10.7. The van der Waals surface area contributed by atoms with Crippen LogP contribution >= 0.6 is 0 Å². The van der Waals surface area contributed by atoms with Gasteiger partial charge in [0.25, 0.3) is 0 Å². The van der Waals surface area contributed by atoms with Crippen molar-refractivity contribution in [3.63, 3.8) is 0 Å². The second-order valence-corrected chi connectivity index (χ2v) is 3.48. The van der Waals surface area contributed by atoms with E-state index in [1.54, 1.807) is 13.2 Å². The third kappa shape index (κ3) is 1.75. The number of methoxy groups -OCH3 is 1. The van der Waals surface area contributed by atoms with Gasteiger partial charge in [-0.3, -0.25) is 0 Å². The number of para-hydroxylation sites is 1. The lowest BCUT2D eigenvalue weighted by atomic mass is 9.97. The van der Waals surface area contributed by atoms with Gasteiger partial charge in [0.05, 0.1) is 13.7 Å². The van der Waals surface area contributed by atoms with Gasteiger partial charge < -0.3 is 19.4 Å². The molecule has 0 spiro atoms. The highest BCUT2D eigenvalue weighted by Crippen LogP contribution is 2.35. The van der Waals surface area contributed by atoms with Crippen molar-refractivity contribution in [2.24, 2.45) is 5.92 Å². The number of carboxylic acid groups (broad SMARTS) is 1. The number of carboxylic acids is 1. The third-order valence-corrected chi connectivity index (χ3v) is 2.51. The van der Waals surface area contributed by atoms with E-state index in [9.17, 15) is 9.90 Å². The van der Waals surface area contributed by atoms with Gasteiger partial charge in [-0.25, -0.2) is 0 Å². The summed E-state index contributed by atoms with van der Waals surface area (Å²) in [5.74, 6) is -0.338. The number of hydrogen-bond donors (Lipinski definition) is 0. The highest BCUT2D eigenvalue weighted by atomic mass is 16.5. The van der Waals surface area contributed by atoms with E-state index in [0.717, 1.165) is 5.56 Å². The lowest BCUT2D eigenvalue weighted by molar-refractivity contribution is -0.312. The minimum atomic E-state index is -1.07. The molecule has 0 saturated heterocycles. The molecule has 0 radical (unpaired) electrons. The van der Waals surface area contributed by atoms with Gasteiger partial charge in [0.15, 0.2) is 11.5 Å². The fourth-order valence-corrected chi connectivity index (χ4v) is 1.71. The predicted molar refractivity (Wildman–Crippen MR) is 50.7 cm³/mol. The third-order valence-electron chi connectivity index (χ3n) is 2.51. The fourth-order valence-electron chi connectivity index (χ4n) is 1.71. The van der Waals surface area contributed by atoms with Crippen molar-refractivity contribution in [1.29, 1.82) is 0 Å². The molecule has 0 amide bonds. The average molecular weight is 207 g/mol. The van der Waals surface area contributed by atoms with Gasteiger partial charge in [-0.05, 0) is 18.1 Å². The van der Waals surface area contributed by atoms with Crippen LogP contribution in [0.2, 0.25) is 0 Å². The Labute approximate surface area is 87.4 Å². The van der Waals surface area contributed by atoms with Crippen LogP contribution < -0.4 is 14.6 Å². The van der Waals surface area contributed by atoms with Crippen LogP contribution in [-0.4, -0.2) is 19.7 Å². The van der Waals surface area contributed by atoms with Crippen LogP contribution in [0, 0.1) is 5.92 Å². The summed E-state index contributed by atoms with van der Waals surface area (Å²) < 4.78 is 10.5. The SMILES string of the molecule is COc1cccc2c1OC[C@@H](C(=O)[O-])C2. The Balaban J connectivity index is 2.31. The van der Waals surface area contributed by atoms with E-state index >= 15 is 0 Å². The van der Waals surface area contributed by atoms with Crippen LogP contribution in [-0.2, 0) is 11.2 Å². The Kier molecular flexibility index (Phi) is 2.49. The van der Waals surface area contributed by atoms with E-state index in [0.29, 0.717) is 17.9 Å². The Morgan fingerprint density at radius 3 is 3.07 bits per heavy atom.